The Morgan fingerprint density at radius 3 is 1.69 bits per heavy atom. The number of nitrogens with one attached hydrogen (secondary N) is 1. The van der Waals surface area contributed by atoms with Gasteiger partial charge >= 0.3 is 42.1 Å². The molecule has 0 saturated heterocycles. The van der Waals surface area contributed by atoms with Crippen molar-refractivity contribution in [2.24, 2.45) is 0 Å². The van der Waals surface area contributed by atoms with E-state index in [4.69, 9.17) is 0 Å². The summed E-state index contributed by atoms with van der Waals surface area (Å²) in [5, 5.41) is -13.9. The molecule has 1 aliphatic rings. The zero-order chi connectivity index (χ0) is 28.0. The van der Waals surface area contributed by atoms with Crippen LogP contribution >= 0.6 is 0 Å². The Kier molecular flexibility index (Phi) is 8.08. The average molecular weight is 600 g/mol. The number of hydrogen-bond donors (Lipinski definition) is 1. The minimum Gasteiger partial charge on any atom is -0.378 e. The number of alkyl halides is 9. The lowest BCUT2D eigenvalue weighted by atomic mass is 9.84. The van der Waals surface area contributed by atoms with Crippen molar-refractivity contribution in [3.8, 4) is 5.75 Å². The predicted molar refractivity (Wildman–Crippen MR) is 110 cm³/mol. The van der Waals surface area contributed by atoms with Gasteiger partial charge in [0.05, 0.1) is 0 Å². The number of sulfonamides is 1. The zero-order valence-corrected chi connectivity index (χ0v) is 20.2. The highest BCUT2D eigenvalue weighted by molar-refractivity contribution is 8.10. The van der Waals surface area contributed by atoms with Gasteiger partial charge in [-0.3, -0.25) is 0 Å². The molecule has 1 atom stereocenters. The van der Waals surface area contributed by atoms with Crippen molar-refractivity contribution in [1.82, 2.24) is 4.13 Å². The van der Waals surface area contributed by atoms with E-state index in [9.17, 15) is 60.6 Å². The minimum absolute atomic E-state index is 0.0413. The first-order valence-corrected chi connectivity index (χ1v) is 14.3. The fourth-order valence-electron chi connectivity index (χ4n) is 3.22. The van der Waals surface area contributed by atoms with Crippen molar-refractivity contribution in [3.05, 3.63) is 29.8 Å². The molecule has 0 radical (unpaired) electrons. The van der Waals surface area contributed by atoms with Gasteiger partial charge in [-0.2, -0.15) is 47.9 Å². The van der Waals surface area contributed by atoms with Crippen molar-refractivity contribution in [3.63, 3.8) is 0 Å². The molecule has 1 saturated carbocycles. The van der Waals surface area contributed by atoms with Crippen LogP contribution in [0.4, 0.5) is 39.5 Å². The average Bonchev–Trinajstić information content (AvgIpc) is 2.72. The summed E-state index contributed by atoms with van der Waals surface area (Å²) in [4.78, 5) is 0. The summed E-state index contributed by atoms with van der Waals surface area (Å²) in [5.74, 6) is -6.56. The van der Waals surface area contributed by atoms with E-state index in [0.29, 0.717) is 5.56 Å². The highest BCUT2D eigenvalue weighted by atomic mass is 32.3. The molecule has 2 rings (SSSR count). The van der Waals surface area contributed by atoms with E-state index < -0.39 is 61.7 Å². The Morgan fingerprint density at radius 1 is 0.778 bits per heavy atom. The highest BCUT2D eigenvalue weighted by Gasteiger charge is 2.81. The van der Waals surface area contributed by atoms with Crippen molar-refractivity contribution >= 4 is 35.7 Å². The van der Waals surface area contributed by atoms with Gasteiger partial charge in [0.1, 0.15) is 15.5 Å². The monoisotopic (exact) mass is 599 g/mol. The van der Waals surface area contributed by atoms with E-state index in [1.54, 1.807) is 5.87 Å². The third kappa shape index (κ3) is 5.42. The fraction of sp³-hybridized carbons (Fsp3) is 0.588. The maximum absolute atomic E-state index is 14.2. The molecule has 0 spiro atoms. The molecular weight excluding hydrogens is 581 g/mol. The summed E-state index contributed by atoms with van der Waals surface area (Å²) < 4.78 is 183. The molecule has 1 unspecified atom stereocenters. The summed E-state index contributed by atoms with van der Waals surface area (Å²) in [6, 6.07) is 4.05. The molecule has 1 aliphatic carbocycles. The molecule has 1 fully saturated rings. The van der Waals surface area contributed by atoms with Crippen molar-refractivity contribution < 1.29 is 64.7 Å². The van der Waals surface area contributed by atoms with Gasteiger partial charge in [-0.15, -0.1) is 4.13 Å². The summed E-state index contributed by atoms with van der Waals surface area (Å²) in [5.41, 5.74) is -5.85. The van der Waals surface area contributed by atoms with Gasteiger partial charge in [-0.25, -0.2) is 12.6 Å². The maximum Gasteiger partial charge on any atom is 0.512 e. The van der Waals surface area contributed by atoms with Crippen molar-refractivity contribution in [1.29, 1.82) is 0 Å². The third-order valence-corrected chi connectivity index (χ3v) is 10.1. The van der Waals surface area contributed by atoms with Crippen LogP contribution in [0.15, 0.2) is 24.3 Å². The van der Waals surface area contributed by atoms with Crippen LogP contribution < -0.4 is 8.31 Å². The molecule has 7 nitrogen and oxygen atoms in total. The number of hydrogen-bond acceptors (Lipinski definition) is 6. The van der Waals surface area contributed by atoms with Crippen molar-refractivity contribution in [2.75, 3.05) is 0 Å². The topological polar surface area (TPSA) is 107 Å². The summed E-state index contributed by atoms with van der Waals surface area (Å²) in [6.07, 6.45) is 4.30. The molecule has 1 aromatic carbocycles. The van der Waals surface area contributed by atoms with Gasteiger partial charge in [0.2, 0.25) is 0 Å². The molecule has 0 aliphatic heterocycles. The lowest BCUT2D eigenvalue weighted by Gasteiger charge is -2.33. The van der Waals surface area contributed by atoms with Gasteiger partial charge in [0, 0.05) is 0 Å². The first kappa shape index (κ1) is 30.5. The van der Waals surface area contributed by atoms with E-state index in [2.05, 4.69) is 4.18 Å². The molecular formula is C17H18F9NO6S3. The van der Waals surface area contributed by atoms with Crippen LogP contribution in [0.2, 0.25) is 0 Å². The Bertz CT molecular complexity index is 1270. The SMILES string of the molecule is C=S(=O)(NS(=O)(=O)C(F)(F)F)C(F)(F)C(F)(F)C(F)(F)S(=O)(=O)Oc1ccc(C2CCCCC2)cc1. The lowest BCUT2D eigenvalue weighted by Crippen LogP contribution is -2.64. The second-order valence-corrected chi connectivity index (χ2v) is 13.3. The Morgan fingerprint density at radius 2 is 1.25 bits per heavy atom. The van der Waals surface area contributed by atoms with Crippen LogP contribution in [0.1, 0.15) is 43.6 Å². The molecule has 208 valence electrons. The summed E-state index contributed by atoms with van der Waals surface area (Å²) >= 11 is 0. The fourth-order valence-corrected chi connectivity index (χ4v) is 6.95. The van der Waals surface area contributed by atoms with Gasteiger partial charge < -0.3 is 4.18 Å². The van der Waals surface area contributed by atoms with E-state index in [0.717, 1.165) is 44.2 Å². The first-order valence-electron chi connectivity index (χ1n) is 9.64. The Hall–Kier alpha value is -1.73. The van der Waals surface area contributed by atoms with Gasteiger partial charge in [0.25, 0.3) is 0 Å². The minimum atomic E-state index is -7.28. The molecule has 0 aromatic heterocycles. The molecule has 36 heavy (non-hydrogen) atoms. The van der Waals surface area contributed by atoms with Crippen LogP contribution in [-0.4, -0.2) is 48.9 Å². The van der Waals surface area contributed by atoms with Crippen LogP contribution in [0.3, 0.4) is 0 Å². The predicted octanol–water partition coefficient (Wildman–Crippen LogP) is 4.33. The zero-order valence-electron chi connectivity index (χ0n) is 17.7. The van der Waals surface area contributed by atoms with Crippen molar-refractivity contribution in [2.45, 2.75) is 60.0 Å². The lowest BCUT2D eigenvalue weighted by molar-refractivity contribution is -0.244. The quantitative estimate of drug-likeness (QED) is 0.257. The number of rotatable bonds is 9. The molecule has 0 bridgehead atoms. The van der Waals surface area contributed by atoms with Crippen LogP contribution in [-0.2, 0) is 29.8 Å². The largest absolute Gasteiger partial charge is 0.512 e. The molecule has 1 N–H and O–H groups in total. The maximum atomic E-state index is 14.2. The highest BCUT2D eigenvalue weighted by Crippen LogP contribution is 2.51. The summed E-state index contributed by atoms with van der Waals surface area (Å²) in [6.45, 7) is 0. The van der Waals surface area contributed by atoms with Gasteiger partial charge in [0.15, 0.2) is 0 Å². The van der Waals surface area contributed by atoms with E-state index in [-0.39, 0.29) is 5.92 Å². The van der Waals surface area contributed by atoms with E-state index >= 15 is 0 Å². The Labute approximate surface area is 200 Å². The number of halogens is 9. The first-order chi connectivity index (χ1) is 16.0. The molecule has 0 amide bonds. The molecule has 0 heterocycles. The normalized spacial score (nSPS) is 19.0. The molecule has 19 heteroatoms. The van der Waals surface area contributed by atoms with E-state index in [1.165, 1.54) is 12.1 Å². The van der Waals surface area contributed by atoms with Gasteiger partial charge in [-0.05, 0) is 42.3 Å². The Balaban J connectivity index is 2.36. The third-order valence-electron chi connectivity index (χ3n) is 5.17. The van der Waals surface area contributed by atoms with E-state index in [1.807, 2.05) is 0 Å². The standard InChI is InChI=1S/C17H18F9NO6S3/c1-34(28,27-35(29,30)17(24,25)26)15(20,21)14(18,19)16(22,23)36(31,32)33-13-9-7-12(8-10-13)11-5-3-2-4-6-11/h7-11H,1-6H2,(H,27,28). The second-order valence-electron chi connectivity index (χ2n) is 7.76. The second kappa shape index (κ2) is 9.54. The molecule has 1 aromatic rings. The van der Waals surface area contributed by atoms with Crippen LogP contribution in [0.25, 0.3) is 0 Å². The van der Waals surface area contributed by atoms with Gasteiger partial charge in [-0.1, -0.05) is 31.4 Å². The smallest absolute Gasteiger partial charge is 0.378 e. The van der Waals surface area contributed by atoms with Crippen LogP contribution in [0, 0.1) is 0 Å². The number of benzene rings is 1. The van der Waals surface area contributed by atoms with Crippen LogP contribution in [0.5, 0.6) is 5.75 Å². The summed E-state index contributed by atoms with van der Waals surface area (Å²) in [7, 11) is -20.9.